The molecule has 1 amide bonds. The van der Waals surface area contributed by atoms with E-state index < -0.39 is 0 Å². The van der Waals surface area contributed by atoms with E-state index in [-0.39, 0.29) is 11.9 Å². The monoisotopic (exact) mass is 448 g/mol. The summed E-state index contributed by atoms with van der Waals surface area (Å²) < 4.78 is 5.69. The third-order valence-electron chi connectivity index (χ3n) is 6.29. The Morgan fingerprint density at radius 3 is 2.27 bits per heavy atom. The smallest absolute Gasteiger partial charge is 0.256 e. The first-order valence-corrected chi connectivity index (χ1v) is 11.2. The van der Waals surface area contributed by atoms with Gasteiger partial charge < -0.3 is 5.32 Å². The first-order chi connectivity index (χ1) is 15.5. The Kier molecular flexibility index (Phi) is 5.59. The van der Waals surface area contributed by atoms with Gasteiger partial charge in [-0.05, 0) is 61.5 Å². The maximum atomic E-state index is 13.5. The topological polar surface area (TPSA) is 95.5 Å². The molecule has 0 aliphatic carbocycles. The zero-order valence-electron chi connectivity index (χ0n) is 20.9. The minimum Gasteiger partial charge on any atom is -0.319 e. The van der Waals surface area contributed by atoms with E-state index in [1.165, 1.54) is 0 Å². The zero-order chi connectivity index (χ0) is 24.2. The first kappa shape index (κ1) is 22.7. The Labute approximate surface area is 193 Å². The van der Waals surface area contributed by atoms with Gasteiger partial charge in [0, 0.05) is 30.0 Å². The highest BCUT2D eigenvalue weighted by molar-refractivity contribution is 6.13. The number of amides is 1. The third kappa shape index (κ3) is 3.81. The van der Waals surface area contributed by atoms with Crippen molar-refractivity contribution >= 4 is 22.6 Å². The predicted molar refractivity (Wildman–Crippen MR) is 129 cm³/mol. The van der Waals surface area contributed by atoms with Crippen molar-refractivity contribution in [2.24, 2.45) is 7.05 Å². The van der Waals surface area contributed by atoms with Gasteiger partial charge in [-0.2, -0.15) is 15.3 Å². The van der Waals surface area contributed by atoms with E-state index in [1.54, 1.807) is 0 Å². The number of rotatable bonds is 5. The normalized spacial score (nSPS) is 11.7. The lowest BCUT2D eigenvalue weighted by molar-refractivity contribution is 0.102. The molecule has 0 saturated heterocycles. The summed E-state index contributed by atoms with van der Waals surface area (Å²) in [7, 11) is 1.94. The summed E-state index contributed by atoms with van der Waals surface area (Å²) in [6.07, 6.45) is 0. The molecule has 4 aromatic heterocycles. The van der Waals surface area contributed by atoms with E-state index in [1.807, 2.05) is 61.8 Å². The fourth-order valence-electron chi connectivity index (χ4n) is 4.39. The van der Waals surface area contributed by atoms with Crippen LogP contribution in [0.5, 0.6) is 0 Å². The van der Waals surface area contributed by atoms with Gasteiger partial charge in [0.25, 0.3) is 5.91 Å². The molecule has 4 rings (SSSR count). The van der Waals surface area contributed by atoms with Crippen molar-refractivity contribution in [3.63, 3.8) is 0 Å². The molecule has 0 radical (unpaired) electrons. The van der Waals surface area contributed by atoms with E-state index in [9.17, 15) is 4.79 Å². The number of hydrogen-bond acceptors (Lipinski definition) is 5. The van der Waals surface area contributed by atoms with Crippen LogP contribution in [0.1, 0.15) is 70.0 Å². The second-order valence-corrected chi connectivity index (χ2v) is 9.06. The van der Waals surface area contributed by atoms with Crippen molar-refractivity contribution in [3.8, 4) is 0 Å². The highest BCUT2D eigenvalue weighted by atomic mass is 16.1. The molecule has 0 aromatic carbocycles. The average molecular weight is 449 g/mol. The highest BCUT2D eigenvalue weighted by Crippen LogP contribution is 2.27. The van der Waals surface area contributed by atoms with Crippen LogP contribution in [0.4, 0.5) is 5.69 Å². The summed E-state index contributed by atoms with van der Waals surface area (Å²) in [6, 6.07) is 1.97. The Hall–Kier alpha value is -3.49. The number of aryl methyl sites for hydroxylation is 5. The van der Waals surface area contributed by atoms with Crippen LogP contribution in [0.2, 0.25) is 0 Å². The molecule has 1 N–H and O–H groups in total. The zero-order valence-corrected chi connectivity index (χ0v) is 20.9. The largest absolute Gasteiger partial charge is 0.319 e. The molecule has 0 atom stereocenters. The fraction of sp³-hybridized carbons (Fsp3) is 0.458. The van der Waals surface area contributed by atoms with Gasteiger partial charge in [-0.25, -0.2) is 9.67 Å². The van der Waals surface area contributed by atoms with Gasteiger partial charge in [0.2, 0.25) is 0 Å². The van der Waals surface area contributed by atoms with Crippen LogP contribution in [-0.2, 0) is 13.6 Å². The second kappa shape index (κ2) is 8.13. The Morgan fingerprint density at radius 1 is 0.970 bits per heavy atom. The summed E-state index contributed by atoms with van der Waals surface area (Å²) in [5.74, 6) is -0.184. The van der Waals surface area contributed by atoms with Crippen molar-refractivity contribution in [1.29, 1.82) is 0 Å². The summed E-state index contributed by atoms with van der Waals surface area (Å²) in [6.45, 7) is 16.5. The van der Waals surface area contributed by atoms with Crippen LogP contribution in [0.3, 0.4) is 0 Å². The van der Waals surface area contributed by atoms with E-state index in [0.29, 0.717) is 12.1 Å². The number of nitrogens with zero attached hydrogens (tertiary/aromatic N) is 7. The molecule has 0 aliphatic rings. The minimum absolute atomic E-state index is 0.147. The van der Waals surface area contributed by atoms with Gasteiger partial charge in [-0.1, -0.05) is 0 Å². The number of nitrogens with one attached hydrogen (secondary N) is 1. The van der Waals surface area contributed by atoms with Crippen LogP contribution in [0.25, 0.3) is 11.0 Å². The standard InChI is InChI=1S/C24H32N8O/c1-12(2)32-23-21(15(5)29-32)19(10-13(3)25-23)24(33)26-22-16(6)28-31(18(22)8)11-20-14(4)27-30(9)17(20)7/h10,12H,11H2,1-9H3,(H,26,33). The average Bonchev–Trinajstić information content (AvgIpc) is 3.30. The predicted octanol–water partition coefficient (Wildman–Crippen LogP) is 4.09. The van der Waals surface area contributed by atoms with Crippen LogP contribution in [0.15, 0.2) is 6.07 Å². The van der Waals surface area contributed by atoms with Crippen LogP contribution in [0, 0.1) is 41.5 Å². The number of carbonyl (C=O) groups is 1. The molecule has 0 unspecified atom stereocenters. The molecule has 9 nitrogen and oxygen atoms in total. The van der Waals surface area contributed by atoms with E-state index >= 15 is 0 Å². The first-order valence-electron chi connectivity index (χ1n) is 11.2. The van der Waals surface area contributed by atoms with E-state index in [4.69, 9.17) is 5.10 Å². The lowest BCUT2D eigenvalue weighted by atomic mass is 10.1. The number of carbonyl (C=O) groups excluding carboxylic acids is 1. The second-order valence-electron chi connectivity index (χ2n) is 9.06. The summed E-state index contributed by atoms with van der Waals surface area (Å²) >= 11 is 0. The maximum absolute atomic E-state index is 13.5. The maximum Gasteiger partial charge on any atom is 0.256 e. The van der Waals surface area contributed by atoms with Crippen molar-refractivity contribution in [1.82, 2.24) is 34.3 Å². The Bertz CT molecular complexity index is 1390. The molecule has 9 heteroatoms. The molecule has 33 heavy (non-hydrogen) atoms. The van der Waals surface area contributed by atoms with Gasteiger partial charge in [0.15, 0.2) is 5.65 Å². The molecule has 174 valence electrons. The highest BCUT2D eigenvalue weighted by Gasteiger charge is 2.22. The van der Waals surface area contributed by atoms with Crippen molar-refractivity contribution in [3.05, 3.63) is 51.4 Å². The van der Waals surface area contributed by atoms with E-state index in [0.717, 1.165) is 56.4 Å². The van der Waals surface area contributed by atoms with Crippen molar-refractivity contribution in [2.75, 3.05) is 5.32 Å². The number of fused-ring (bicyclic) bond motifs is 1. The Morgan fingerprint density at radius 2 is 1.67 bits per heavy atom. The molecular formula is C24H32N8O. The summed E-state index contributed by atoms with van der Waals surface area (Å²) in [5, 5.41) is 17.7. The summed E-state index contributed by atoms with van der Waals surface area (Å²) in [5.41, 5.74) is 8.53. The van der Waals surface area contributed by atoms with E-state index in [2.05, 4.69) is 41.3 Å². The van der Waals surface area contributed by atoms with Crippen molar-refractivity contribution < 1.29 is 4.79 Å². The van der Waals surface area contributed by atoms with Gasteiger partial charge in [-0.3, -0.25) is 14.2 Å². The van der Waals surface area contributed by atoms with Crippen LogP contribution in [-0.4, -0.2) is 40.2 Å². The van der Waals surface area contributed by atoms with Gasteiger partial charge in [0.1, 0.15) is 0 Å². The third-order valence-corrected chi connectivity index (χ3v) is 6.29. The number of pyridine rings is 1. The van der Waals surface area contributed by atoms with Gasteiger partial charge in [-0.15, -0.1) is 0 Å². The lowest BCUT2D eigenvalue weighted by Crippen LogP contribution is -2.15. The molecule has 0 fully saturated rings. The van der Waals surface area contributed by atoms with Crippen LogP contribution < -0.4 is 5.32 Å². The van der Waals surface area contributed by atoms with Crippen LogP contribution >= 0.6 is 0 Å². The number of anilines is 1. The fourth-order valence-corrected chi connectivity index (χ4v) is 4.39. The van der Waals surface area contributed by atoms with Gasteiger partial charge >= 0.3 is 0 Å². The number of hydrogen-bond donors (Lipinski definition) is 1. The Balaban J connectivity index is 1.71. The molecule has 0 aliphatic heterocycles. The molecule has 0 saturated carbocycles. The SMILES string of the molecule is Cc1cc(C(=O)Nc2c(C)nn(Cc3c(C)nn(C)c3C)c2C)c2c(C)nn(C(C)C)c2n1. The molecule has 0 bridgehead atoms. The van der Waals surface area contributed by atoms with Gasteiger partial charge in [0.05, 0.1) is 46.0 Å². The quantitative estimate of drug-likeness (QED) is 0.496. The minimum atomic E-state index is -0.184. The molecule has 4 aromatic rings. The lowest BCUT2D eigenvalue weighted by Gasteiger charge is -2.10. The van der Waals surface area contributed by atoms with Crippen molar-refractivity contribution in [2.45, 2.75) is 68.0 Å². The molecular weight excluding hydrogens is 416 g/mol. The summed E-state index contributed by atoms with van der Waals surface area (Å²) in [4.78, 5) is 18.1. The molecule has 0 spiro atoms. The number of aromatic nitrogens is 7. The molecule has 4 heterocycles.